The topological polar surface area (TPSA) is 8.17 Å². The average molecular weight is 587 g/mol. The third kappa shape index (κ3) is 4.27. The van der Waals surface area contributed by atoms with E-state index in [9.17, 15) is 0 Å². The normalized spacial score (nSPS) is 11.5. The standard InChI is InChI=1S/C44H30N2/c1-3-17-35(18-4-1)45(38-27-25-31-13-7-8-15-33(31)29-38)37-21-11-16-34(30-37)40-23-12-24-41-44(40)43-39-22-10-9-14-32(39)26-28-42(43)46(41)36-19-5-2-6-20-36/h1-30H. The minimum absolute atomic E-state index is 1.12. The molecule has 216 valence electrons. The second-order valence-corrected chi connectivity index (χ2v) is 11.8. The highest BCUT2D eigenvalue weighted by Crippen LogP contribution is 2.43. The molecule has 0 unspecified atom stereocenters. The van der Waals surface area contributed by atoms with Crippen LogP contribution in [-0.4, -0.2) is 4.57 Å². The van der Waals surface area contributed by atoms with E-state index in [1.807, 2.05) is 0 Å². The van der Waals surface area contributed by atoms with Crippen molar-refractivity contribution in [3.05, 3.63) is 182 Å². The summed E-state index contributed by atoms with van der Waals surface area (Å²) in [5.41, 5.74) is 9.36. The molecule has 9 aromatic rings. The summed E-state index contributed by atoms with van der Waals surface area (Å²) >= 11 is 0. The van der Waals surface area contributed by atoms with Crippen LogP contribution in [-0.2, 0) is 0 Å². The molecule has 8 aromatic carbocycles. The average Bonchev–Trinajstić information content (AvgIpc) is 3.48. The van der Waals surface area contributed by atoms with Crippen molar-refractivity contribution in [2.24, 2.45) is 0 Å². The van der Waals surface area contributed by atoms with Crippen molar-refractivity contribution in [2.75, 3.05) is 4.90 Å². The lowest BCUT2D eigenvalue weighted by atomic mass is 9.96. The van der Waals surface area contributed by atoms with E-state index in [-0.39, 0.29) is 0 Å². The van der Waals surface area contributed by atoms with E-state index in [0.717, 1.165) is 22.7 Å². The van der Waals surface area contributed by atoms with Gasteiger partial charge in [0.05, 0.1) is 11.0 Å². The third-order valence-electron chi connectivity index (χ3n) is 9.12. The molecule has 2 heteroatoms. The largest absolute Gasteiger partial charge is 0.310 e. The number of benzene rings is 8. The summed E-state index contributed by atoms with van der Waals surface area (Å²) < 4.78 is 2.41. The fraction of sp³-hybridized carbons (Fsp3) is 0. The van der Waals surface area contributed by atoms with Crippen LogP contribution in [0.4, 0.5) is 17.1 Å². The maximum Gasteiger partial charge on any atom is 0.0547 e. The van der Waals surface area contributed by atoms with Crippen LogP contribution in [0, 0.1) is 0 Å². The van der Waals surface area contributed by atoms with Crippen LogP contribution in [0.1, 0.15) is 0 Å². The maximum atomic E-state index is 2.41. The van der Waals surface area contributed by atoms with Crippen molar-refractivity contribution in [2.45, 2.75) is 0 Å². The highest BCUT2D eigenvalue weighted by molar-refractivity contribution is 6.25. The molecule has 0 amide bonds. The van der Waals surface area contributed by atoms with E-state index in [1.54, 1.807) is 0 Å². The van der Waals surface area contributed by atoms with Crippen LogP contribution in [0.5, 0.6) is 0 Å². The Morgan fingerprint density at radius 2 is 1.00 bits per heavy atom. The molecule has 0 fully saturated rings. The molecule has 0 saturated carbocycles. The highest BCUT2D eigenvalue weighted by atomic mass is 15.1. The zero-order valence-corrected chi connectivity index (χ0v) is 25.2. The minimum atomic E-state index is 1.12. The van der Waals surface area contributed by atoms with Gasteiger partial charge in [-0.2, -0.15) is 0 Å². The number of fused-ring (bicyclic) bond motifs is 6. The summed E-state index contributed by atoms with van der Waals surface area (Å²) in [7, 11) is 0. The molecule has 0 bridgehead atoms. The molecule has 0 saturated heterocycles. The summed E-state index contributed by atoms with van der Waals surface area (Å²) in [5.74, 6) is 0. The van der Waals surface area contributed by atoms with E-state index < -0.39 is 0 Å². The van der Waals surface area contributed by atoms with Gasteiger partial charge in [0.15, 0.2) is 0 Å². The zero-order chi connectivity index (χ0) is 30.5. The molecule has 46 heavy (non-hydrogen) atoms. The molecule has 0 aliphatic carbocycles. The first-order chi connectivity index (χ1) is 22.8. The Bertz CT molecular complexity index is 2530. The lowest BCUT2D eigenvalue weighted by Gasteiger charge is -2.26. The quantitative estimate of drug-likeness (QED) is 0.195. The summed E-state index contributed by atoms with van der Waals surface area (Å²) in [6.45, 7) is 0. The molecule has 0 N–H and O–H groups in total. The smallest absolute Gasteiger partial charge is 0.0547 e. The number of aromatic nitrogens is 1. The fourth-order valence-corrected chi connectivity index (χ4v) is 7.08. The molecule has 1 aromatic heterocycles. The summed E-state index contributed by atoms with van der Waals surface area (Å²) in [6, 6.07) is 65.7. The van der Waals surface area contributed by atoms with Crippen LogP contribution < -0.4 is 4.90 Å². The Morgan fingerprint density at radius 1 is 0.370 bits per heavy atom. The molecule has 0 spiro atoms. The Balaban J connectivity index is 1.31. The highest BCUT2D eigenvalue weighted by Gasteiger charge is 2.19. The zero-order valence-electron chi connectivity index (χ0n) is 25.2. The van der Waals surface area contributed by atoms with E-state index in [2.05, 4.69) is 191 Å². The van der Waals surface area contributed by atoms with Gasteiger partial charge in [-0.1, -0.05) is 121 Å². The minimum Gasteiger partial charge on any atom is -0.310 e. The monoisotopic (exact) mass is 586 g/mol. The van der Waals surface area contributed by atoms with Gasteiger partial charge in [0, 0.05) is 33.5 Å². The van der Waals surface area contributed by atoms with Crippen LogP contribution in [0.2, 0.25) is 0 Å². The van der Waals surface area contributed by atoms with Crippen molar-refractivity contribution >= 4 is 60.4 Å². The van der Waals surface area contributed by atoms with E-state index in [0.29, 0.717) is 0 Å². The lowest BCUT2D eigenvalue weighted by Crippen LogP contribution is -2.09. The molecular formula is C44H30N2. The van der Waals surface area contributed by atoms with Crippen molar-refractivity contribution in [1.82, 2.24) is 4.57 Å². The number of anilines is 3. The van der Waals surface area contributed by atoms with Crippen LogP contribution in [0.3, 0.4) is 0 Å². The van der Waals surface area contributed by atoms with Gasteiger partial charge in [0.2, 0.25) is 0 Å². The second kappa shape index (κ2) is 10.8. The van der Waals surface area contributed by atoms with Gasteiger partial charge in [-0.05, 0) is 93.3 Å². The van der Waals surface area contributed by atoms with E-state index in [1.165, 1.54) is 54.5 Å². The number of para-hydroxylation sites is 2. The van der Waals surface area contributed by atoms with E-state index >= 15 is 0 Å². The van der Waals surface area contributed by atoms with Gasteiger partial charge in [0.25, 0.3) is 0 Å². The first kappa shape index (κ1) is 26.3. The van der Waals surface area contributed by atoms with Gasteiger partial charge in [-0.3, -0.25) is 0 Å². The van der Waals surface area contributed by atoms with Crippen molar-refractivity contribution in [1.29, 1.82) is 0 Å². The van der Waals surface area contributed by atoms with Gasteiger partial charge < -0.3 is 9.47 Å². The van der Waals surface area contributed by atoms with Crippen LogP contribution in [0.15, 0.2) is 182 Å². The molecular weight excluding hydrogens is 556 g/mol. The van der Waals surface area contributed by atoms with Gasteiger partial charge >= 0.3 is 0 Å². The predicted octanol–water partition coefficient (Wildman–Crippen LogP) is 12.2. The molecule has 0 atom stereocenters. The summed E-state index contributed by atoms with van der Waals surface area (Å²) in [6.07, 6.45) is 0. The summed E-state index contributed by atoms with van der Waals surface area (Å²) in [4.78, 5) is 2.36. The maximum absolute atomic E-state index is 2.41. The molecule has 1 heterocycles. The van der Waals surface area contributed by atoms with Gasteiger partial charge in [-0.15, -0.1) is 0 Å². The van der Waals surface area contributed by atoms with Crippen molar-refractivity contribution in [3.63, 3.8) is 0 Å². The molecule has 0 aliphatic rings. The number of rotatable bonds is 5. The Hall–Kier alpha value is -6.12. The number of hydrogen-bond donors (Lipinski definition) is 0. The first-order valence-electron chi connectivity index (χ1n) is 15.8. The van der Waals surface area contributed by atoms with E-state index in [4.69, 9.17) is 0 Å². The van der Waals surface area contributed by atoms with Crippen LogP contribution >= 0.6 is 0 Å². The Labute approximate surface area is 268 Å². The molecule has 0 aliphatic heterocycles. The SMILES string of the molecule is c1ccc(N(c2cccc(-c3cccc4c3c3c5ccccc5ccc3n4-c3ccccc3)c2)c2ccc3ccccc3c2)cc1. The Kier molecular flexibility index (Phi) is 6.17. The lowest BCUT2D eigenvalue weighted by molar-refractivity contribution is 1.18. The molecule has 2 nitrogen and oxygen atoms in total. The number of hydrogen-bond acceptors (Lipinski definition) is 1. The first-order valence-corrected chi connectivity index (χ1v) is 15.8. The summed E-state index contributed by atoms with van der Waals surface area (Å²) in [5, 5.41) is 7.53. The van der Waals surface area contributed by atoms with Crippen molar-refractivity contribution in [3.8, 4) is 16.8 Å². The van der Waals surface area contributed by atoms with Crippen molar-refractivity contribution < 1.29 is 0 Å². The number of nitrogens with zero attached hydrogens (tertiary/aromatic N) is 2. The fourth-order valence-electron chi connectivity index (χ4n) is 7.08. The van der Waals surface area contributed by atoms with Gasteiger partial charge in [0.1, 0.15) is 0 Å². The molecule has 9 rings (SSSR count). The van der Waals surface area contributed by atoms with Gasteiger partial charge in [-0.25, -0.2) is 0 Å². The molecule has 0 radical (unpaired) electrons. The Morgan fingerprint density at radius 3 is 1.85 bits per heavy atom. The van der Waals surface area contributed by atoms with Crippen LogP contribution in [0.25, 0.3) is 60.2 Å². The third-order valence-corrected chi connectivity index (χ3v) is 9.12. The predicted molar refractivity (Wildman–Crippen MR) is 196 cm³/mol. The second-order valence-electron chi connectivity index (χ2n) is 11.8.